The Labute approximate surface area is 129 Å². The van der Waals surface area contributed by atoms with Gasteiger partial charge in [-0.05, 0) is 30.5 Å². The van der Waals surface area contributed by atoms with Crippen molar-refractivity contribution in [1.29, 1.82) is 0 Å². The maximum atomic E-state index is 11.9. The number of carbonyl (C=O) groups excluding carboxylic acids is 2. The highest BCUT2D eigenvalue weighted by atomic mass is 16.3. The average Bonchev–Trinajstić information content (AvgIpc) is 2.55. The van der Waals surface area contributed by atoms with Crippen molar-refractivity contribution in [3.05, 3.63) is 65.7 Å². The summed E-state index contributed by atoms with van der Waals surface area (Å²) in [5.41, 5.74) is 2.18. The molecule has 0 heterocycles. The maximum absolute atomic E-state index is 11.9. The van der Waals surface area contributed by atoms with Crippen LogP contribution < -0.4 is 5.32 Å². The Balaban J connectivity index is 1.83. The van der Waals surface area contributed by atoms with Crippen LogP contribution in [-0.2, 0) is 11.2 Å². The molecule has 4 heteroatoms. The van der Waals surface area contributed by atoms with E-state index in [1.165, 1.54) is 5.56 Å². The van der Waals surface area contributed by atoms with Crippen molar-refractivity contribution in [3.63, 3.8) is 0 Å². The van der Waals surface area contributed by atoms with Gasteiger partial charge in [-0.25, -0.2) is 0 Å². The van der Waals surface area contributed by atoms with Crippen LogP contribution in [0.3, 0.4) is 0 Å². The Bertz CT molecular complexity index is 638. The van der Waals surface area contributed by atoms with Crippen LogP contribution in [0.4, 0.5) is 5.69 Å². The molecule has 0 aliphatic heterocycles. The molecule has 0 fully saturated rings. The zero-order valence-electron chi connectivity index (χ0n) is 12.3. The summed E-state index contributed by atoms with van der Waals surface area (Å²) >= 11 is 0. The molecule has 0 radical (unpaired) electrons. The highest BCUT2D eigenvalue weighted by Gasteiger charge is 2.07. The molecule has 0 aromatic heterocycles. The third-order valence-electron chi connectivity index (χ3n) is 3.32. The van der Waals surface area contributed by atoms with Crippen molar-refractivity contribution >= 4 is 17.4 Å². The fraction of sp³-hybridized carbons (Fsp3) is 0.222. The van der Waals surface area contributed by atoms with E-state index >= 15 is 0 Å². The lowest BCUT2D eigenvalue weighted by atomic mass is 10.1. The van der Waals surface area contributed by atoms with E-state index in [1.807, 2.05) is 30.3 Å². The number of hydrogen-bond acceptors (Lipinski definition) is 3. The number of amides is 1. The Hall–Kier alpha value is -2.46. The maximum Gasteiger partial charge on any atom is 0.224 e. The minimum atomic E-state index is -0.533. The molecule has 0 bridgehead atoms. The van der Waals surface area contributed by atoms with Gasteiger partial charge in [0.15, 0.2) is 5.78 Å². The highest BCUT2D eigenvalue weighted by Crippen LogP contribution is 2.12. The number of rotatable bonds is 7. The number of Topliss-reactive ketones (excluding diaryl/α,β-unsaturated/α-hetero) is 1. The Morgan fingerprint density at radius 1 is 1.00 bits per heavy atom. The van der Waals surface area contributed by atoms with Crippen LogP contribution in [0.25, 0.3) is 0 Å². The van der Waals surface area contributed by atoms with E-state index in [0.717, 1.165) is 12.8 Å². The van der Waals surface area contributed by atoms with Gasteiger partial charge in [0.1, 0.15) is 6.61 Å². The molecule has 2 N–H and O–H groups in total. The van der Waals surface area contributed by atoms with Crippen LogP contribution in [0.1, 0.15) is 28.8 Å². The lowest BCUT2D eigenvalue weighted by molar-refractivity contribution is -0.116. The molecule has 2 aromatic carbocycles. The largest absolute Gasteiger partial charge is 0.388 e. The molecule has 4 nitrogen and oxygen atoms in total. The first-order valence-electron chi connectivity index (χ1n) is 7.27. The number of ketones is 1. The summed E-state index contributed by atoms with van der Waals surface area (Å²) in [6.07, 6.45) is 2.05. The smallest absolute Gasteiger partial charge is 0.224 e. The number of aliphatic hydroxyl groups excluding tert-OH is 1. The number of aryl methyl sites for hydroxylation is 1. The molecule has 2 aromatic rings. The molecule has 0 atom stereocenters. The monoisotopic (exact) mass is 297 g/mol. The SMILES string of the molecule is O=C(CCCc1ccccc1)Nc1cccc(C(=O)CO)c1. The van der Waals surface area contributed by atoms with Crippen molar-refractivity contribution < 1.29 is 14.7 Å². The molecule has 0 saturated heterocycles. The number of nitrogens with one attached hydrogen (secondary N) is 1. The normalized spacial score (nSPS) is 10.2. The molecular weight excluding hydrogens is 278 g/mol. The van der Waals surface area contributed by atoms with E-state index in [0.29, 0.717) is 17.7 Å². The third-order valence-corrected chi connectivity index (χ3v) is 3.32. The van der Waals surface area contributed by atoms with Crippen LogP contribution in [0.15, 0.2) is 54.6 Å². The predicted molar refractivity (Wildman–Crippen MR) is 85.9 cm³/mol. The van der Waals surface area contributed by atoms with Gasteiger partial charge < -0.3 is 10.4 Å². The Morgan fingerprint density at radius 2 is 1.77 bits per heavy atom. The van der Waals surface area contributed by atoms with Crippen molar-refractivity contribution in [2.45, 2.75) is 19.3 Å². The minimum absolute atomic E-state index is 0.0791. The summed E-state index contributed by atoms with van der Waals surface area (Å²) in [4.78, 5) is 23.3. The van der Waals surface area contributed by atoms with Crippen LogP contribution in [0.5, 0.6) is 0 Å². The van der Waals surface area contributed by atoms with Gasteiger partial charge in [0.2, 0.25) is 5.91 Å². The molecular formula is C18H19NO3. The molecule has 0 saturated carbocycles. The first-order chi connectivity index (χ1) is 10.7. The van der Waals surface area contributed by atoms with Gasteiger partial charge in [0, 0.05) is 17.7 Å². The third kappa shape index (κ3) is 4.82. The van der Waals surface area contributed by atoms with E-state index in [2.05, 4.69) is 5.32 Å². The van der Waals surface area contributed by atoms with E-state index in [4.69, 9.17) is 5.11 Å². The van der Waals surface area contributed by atoms with E-state index < -0.39 is 6.61 Å². The number of aliphatic hydroxyl groups is 1. The molecule has 22 heavy (non-hydrogen) atoms. The summed E-state index contributed by atoms with van der Waals surface area (Å²) in [5.74, 6) is -0.440. The van der Waals surface area contributed by atoms with E-state index in [-0.39, 0.29) is 11.7 Å². The van der Waals surface area contributed by atoms with Crippen LogP contribution in [-0.4, -0.2) is 23.4 Å². The number of hydrogen-bond donors (Lipinski definition) is 2. The fourth-order valence-electron chi connectivity index (χ4n) is 2.18. The number of anilines is 1. The molecule has 2 rings (SSSR count). The highest BCUT2D eigenvalue weighted by molar-refractivity contribution is 5.99. The van der Waals surface area contributed by atoms with Crippen molar-refractivity contribution in [2.75, 3.05) is 11.9 Å². The topological polar surface area (TPSA) is 66.4 Å². The summed E-state index contributed by atoms with van der Waals surface area (Å²) in [7, 11) is 0. The lowest BCUT2D eigenvalue weighted by Gasteiger charge is -2.07. The van der Waals surface area contributed by atoms with Gasteiger partial charge in [-0.2, -0.15) is 0 Å². The molecule has 114 valence electrons. The van der Waals surface area contributed by atoms with Gasteiger partial charge in [0.25, 0.3) is 0 Å². The van der Waals surface area contributed by atoms with Crippen LogP contribution >= 0.6 is 0 Å². The molecule has 0 spiro atoms. The van der Waals surface area contributed by atoms with Gasteiger partial charge in [-0.15, -0.1) is 0 Å². The van der Waals surface area contributed by atoms with Gasteiger partial charge in [-0.3, -0.25) is 9.59 Å². The Morgan fingerprint density at radius 3 is 2.50 bits per heavy atom. The summed E-state index contributed by atoms with van der Waals surface area (Å²) in [6, 6.07) is 16.6. The van der Waals surface area contributed by atoms with Crippen molar-refractivity contribution in [1.82, 2.24) is 0 Å². The summed E-state index contributed by atoms with van der Waals surface area (Å²) in [6.45, 7) is -0.533. The molecule has 1 amide bonds. The molecule has 0 aliphatic rings. The molecule has 0 unspecified atom stereocenters. The predicted octanol–water partition coefficient (Wildman–Crippen LogP) is 2.82. The second-order valence-corrected chi connectivity index (χ2v) is 5.05. The van der Waals surface area contributed by atoms with Crippen molar-refractivity contribution in [2.24, 2.45) is 0 Å². The van der Waals surface area contributed by atoms with Gasteiger partial charge in [0.05, 0.1) is 0 Å². The Kier molecular flexibility index (Phi) is 5.86. The van der Waals surface area contributed by atoms with Gasteiger partial charge >= 0.3 is 0 Å². The van der Waals surface area contributed by atoms with E-state index in [9.17, 15) is 9.59 Å². The van der Waals surface area contributed by atoms with E-state index in [1.54, 1.807) is 24.3 Å². The van der Waals surface area contributed by atoms with Crippen molar-refractivity contribution in [3.8, 4) is 0 Å². The first-order valence-corrected chi connectivity index (χ1v) is 7.27. The number of benzene rings is 2. The lowest BCUT2D eigenvalue weighted by Crippen LogP contribution is -2.12. The fourth-order valence-corrected chi connectivity index (χ4v) is 2.18. The van der Waals surface area contributed by atoms with Gasteiger partial charge in [-0.1, -0.05) is 42.5 Å². The summed E-state index contributed by atoms with van der Waals surface area (Å²) in [5, 5.41) is 11.6. The zero-order valence-corrected chi connectivity index (χ0v) is 12.3. The zero-order chi connectivity index (χ0) is 15.8. The average molecular weight is 297 g/mol. The van der Waals surface area contributed by atoms with Crippen LogP contribution in [0.2, 0.25) is 0 Å². The van der Waals surface area contributed by atoms with Crippen LogP contribution in [0, 0.1) is 0 Å². The second-order valence-electron chi connectivity index (χ2n) is 5.05. The second kappa shape index (κ2) is 8.10. The number of carbonyl (C=O) groups is 2. The first kappa shape index (κ1) is 15.9. The molecule has 0 aliphatic carbocycles. The summed E-state index contributed by atoms with van der Waals surface area (Å²) < 4.78 is 0. The quantitative estimate of drug-likeness (QED) is 0.772. The standard InChI is InChI=1S/C18H19NO3/c20-13-17(21)15-9-5-10-16(12-15)19-18(22)11-4-8-14-6-2-1-3-7-14/h1-3,5-7,9-10,12,20H,4,8,11,13H2,(H,19,22). The minimum Gasteiger partial charge on any atom is -0.388 e.